The molecule has 1 atom stereocenters. The lowest BCUT2D eigenvalue weighted by atomic mass is 10.0. The largest absolute Gasteiger partial charge is 0.354 e. The molecule has 1 aromatic carbocycles. The SMILES string of the molecule is O=C(CCCc1cccnc1)NCC(c1c(F)cccc1Cl)N1CCCC1. The van der Waals surface area contributed by atoms with Crippen LogP contribution in [-0.2, 0) is 11.2 Å². The highest BCUT2D eigenvalue weighted by atomic mass is 35.5. The molecule has 1 aromatic heterocycles. The summed E-state index contributed by atoms with van der Waals surface area (Å²) in [6, 6.07) is 8.42. The normalized spacial score (nSPS) is 15.6. The number of hydrogen-bond donors (Lipinski definition) is 1. The van der Waals surface area contributed by atoms with E-state index in [-0.39, 0.29) is 17.8 Å². The highest BCUT2D eigenvalue weighted by molar-refractivity contribution is 6.31. The number of rotatable bonds is 8. The van der Waals surface area contributed by atoms with Gasteiger partial charge in [-0.1, -0.05) is 23.7 Å². The molecule has 2 aromatic rings. The third-order valence-corrected chi connectivity index (χ3v) is 5.33. The average molecular weight is 390 g/mol. The molecular formula is C21H25ClFN3O. The summed E-state index contributed by atoms with van der Waals surface area (Å²) in [6.45, 7) is 2.16. The predicted molar refractivity (Wildman–Crippen MR) is 105 cm³/mol. The predicted octanol–water partition coefficient (Wildman–Crippen LogP) is 4.15. The smallest absolute Gasteiger partial charge is 0.220 e. The number of nitrogens with one attached hydrogen (secondary N) is 1. The molecule has 1 aliphatic rings. The van der Waals surface area contributed by atoms with Crippen LogP contribution in [0.3, 0.4) is 0 Å². The van der Waals surface area contributed by atoms with Crippen molar-refractivity contribution in [1.82, 2.24) is 15.2 Å². The molecule has 4 nitrogen and oxygen atoms in total. The summed E-state index contributed by atoms with van der Waals surface area (Å²) in [4.78, 5) is 18.6. The Morgan fingerprint density at radius 2 is 2.07 bits per heavy atom. The minimum atomic E-state index is -0.315. The Morgan fingerprint density at radius 1 is 1.26 bits per heavy atom. The van der Waals surface area contributed by atoms with Crippen LogP contribution < -0.4 is 5.32 Å². The molecule has 0 radical (unpaired) electrons. The number of likely N-dealkylation sites (tertiary alicyclic amines) is 1. The maximum Gasteiger partial charge on any atom is 0.220 e. The second-order valence-electron chi connectivity index (χ2n) is 6.91. The van der Waals surface area contributed by atoms with Crippen LogP contribution in [0.15, 0.2) is 42.7 Å². The van der Waals surface area contributed by atoms with Gasteiger partial charge in [-0.2, -0.15) is 0 Å². The van der Waals surface area contributed by atoms with Crippen LogP contribution in [0.1, 0.15) is 42.9 Å². The van der Waals surface area contributed by atoms with Gasteiger partial charge in [-0.05, 0) is 62.5 Å². The van der Waals surface area contributed by atoms with Crippen molar-refractivity contribution in [3.05, 3.63) is 64.7 Å². The van der Waals surface area contributed by atoms with Crippen molar-refractivity contribution in [3.63, 3.8) is 0 Å². The monoisotopic (exact) mass is 389 g/mol. The fourth-order valence-corrected chi connectivity index (χ4v) is 3.88. The summed E-state index contributed by atoms with van der Waals surface area (Å²) in [5, 5.41) is 3.39. The van der Waals surface area contributed by atoms with Crippen LogP contribution in [-0.4, -0.2) is 35.4 Å². The van der Waals surface area contributed by atoms with Gasteiger partial charge in [0.15, 0.2) is 0 Å². The van der Waals surface area contributed by atoms with Crippen molar-refractivity contribution in [3.8, 4) is 0 Å². The van der Waals surface area contributed by atoms with E-state index in [0.717, 1.165) is 44.3 Å². The van der Waals surface area contributed by atoms with E-state index in [2.05, 4.69) is 15.2 Å². The number of carbonyl (C=O) groups is 1. The summed E-state index contributed by atoms with van der Waals surface area (Å²) in [5.74, 6) is -0.333. The molecule has 27 heavy (non-hydrogen) atoms. The minimum absolute atomic E-state index is 0.0180. The van der Waals surface area contributed by atoms with Gasteiger partial charge in [0.25, 0.3) is 0 Å². The molecule has 1 amide bonds. The lowest BCUT2D eigenvalue weighted by molar-refractivity contribution is -0.121. The van der Waals surface area contributed by atoms with Crippen LogP contribution in [0.5, 0.6) is 0 Å². The van der Waals surface area contributed by atoms with E-state index in [1.165, 1.54) is 6.07 Å². The quantitative estimate of drug-likeness (QED) is 0.737. The Balaban J connectivity index is 1.57. The number of nitrogens with zero attached hydrogens (tertiary/aromatic N) is 2. The van der Waals surface area contributed by atoms with E-state index in [1.807, 2.05) is 18.3 Å². The molecule has 0 saturated carbocycles. The average Bonchev–Trinajstić information content (AvgIpc) is 3.19. The Labute approximate surface area is 164 Å². The number of hydrogen-bond acceptors (Lipinski definition) is 3. The van der Waals surface area contributed by atoms with Crippen LogP contribution in [0.4, 0.5) is 4.39 Å². The van der Waals surface area contributed by atoms with Gasteiger partial charge >= 0.3 is 0 Å². The molecule has 144 valence electrons. The van der Waals surface area contributed by atoms with Crippen molar-refractivity contribution >= 4 is 17.5 Å². The fraction of sp³-hybridized carbons (Fsp3) is 0.429. The van der Waals surface area contributed by atoms with Crippen LogP contribution in [0, 0.1) is 5.82 Å². The van der Waals surface area contributed by atoms with Crippen molar-refractivity contribution in [1.29, 1.82) is 0 Å². The number of benzene rings is 1. The van der Waals surface area contributed by atoms with Crippen LogP contribution >= 0.6 is 11.6 Å². The van der Waals surface area contributed by atoms with Crippen molar-refractivity contribution in [2.45, 2.75) is 38.1 Å². The van der Waals surface area contributed by atoms with Gasteiger partial charge in [-0.3, -0.25) is 14.7 Å². The molecule has 1 unspecified atom stereocenters. The molecule has 0 aliphatic carbocycles. The van der Waals surface area contributed by atoms with Gasteiger partial charge in [0, 0.05) is 35.9 Å². The van der Waals surface area contributed by atoms with E-state index in [1.54, 1.807) is 18.3 Å². The number of aromatic nitrogens is 1. The highest BCUT2D eigenvalue weighted by Gasteiger charge is 2.27. The van der Waals surface area contributed by atoms with Gasteiger partial charge in [-0.15, -0.1) is 0 Å². The second-order valence-corrected chi connectivity index (χ2v) is 7.32. The van der Waals surface area contributed by atoms with E-state index in [0.29, 0.717) is 23.6 Å². The van der Waals surface area contributed by atoms with Gasteiger partial charge < -0.3 is 5.32 Å². The minimum Gasteiger partial charge on any atom is -0.354 e. The Kier molecular flexibility index (Phi) is 7.18. The summed E-state index contributed by atoms with van der Waals surface area (Å²) >= 11 is 6.28. The molecular weight excluding hydrogens is 365 g/mol. The second kappa shape index (κ2) is 9.81. The first-order valence-electron chi connectivity index (χ1n) is 9.48. The number of amides is 1. The lowest BCUT2D eigenvalue weighted by Gasteiger charge is -2.29. The Morgan fingerprint density at radius 3 is 2.78 bits per heavy atom. The first-order chi connectivity index (χ1) is 13.1. The molecule has 1 aliphatic heterocycles. The van der Waals surface area contributed by atoms with E-state index < -0.39 is 0 Å². The summed E-state index contributed by atoms with van der Waals surface area (Å²) in [6.07, 6.45) is 7.74. The topological polar surface area (TPSA) is 45.2 Å². The van der Waals surface area contributed by atoms with E-state index >= 15 is 0 Å². The van der Waals surface area contributed by atoms with Gasteiger partial charge in [-0.25, -0.2) is 4.39 Å². The molecule has 0 spiro atoms. The molecule has 3 rings (SSSR count). The summed E-state index contributed by atoms with van der Waals surface area (Å²) < 4.78 is 14.4. The van der Waals surface area contributed by atoms with Crippen molar-refractivity contribution in [2.75, 3.05) is 19.6 Å². The third-order valence-electron chi connectivity index (χ3n) is 5.00. The third kappa shape index (κ3) is 5.50. The number of carbonyl (C=O) groups excluding carboxylic acids is 1. The molecule has 0 bridgehead atoms. The Bertz CT molecular complexity index is 730. The Hall–Kier alpha value is -1.98. The fourth-order valence-electron chi connectivity index (χ4n) is 3.59. The highest BCUT2D eigenvalue weighted by Crippen LogP contribution is 2.31. The van der Waals surface area contributed by atoms with Crippen LogP contribution in [0.2, 0.25) is 5.02 Å². The molecule has 6 heteroatoms. The first kappa shape index (κ1) is 19.8. The maximum atomic E-state index is 14.4. The molecule has 1 fully saturated rings. The lowest BCUT2D eigenvalue weighted by Crippen LogP contribution is -2.37. The van der Waals surface area contributed by atoms with Crippen LogP contribution in [0.25, 0.3) is 0 Å². The van der Waals surface area contributed by atoms with Gasteiger partial charge in [0.05, 0.1) is 6.04 Å². The van der Waals surface area contributed by atoms with Gasteiger partial charge in [0.1, 0.15) is 5.82 Å². The molecule has 1 saturated heterocycles. The molecule has 2 heterocycles. The van der Waals surface area contributed by atoms with Crippen molar-refractivity contribution < 1.29 is 9.18 Å². The van der Waals surface area contributed by atoms with Gasteiger partial charge in [0.2, 0.25) is 5.91 Å². The standard InChI is InChI=1S/C21H25ClFN3O/c22-17-8-4-9-18(23)21(17)19(26-12-1-2-13-26)15-25-20(27)10-3-6-16-7-5-11-24-14-16/h4-5,7-9,11,14,19H,1-3,6,10,12-13,15H2,(H,25,27). The maximum absolute atomic E-state index is 14.4. The number of pyridine rings is 1. The zero-order chi connectivity index (χ0) is 19.1. The number of aryl methyl sites for hydroxylation is 1. The number of halogens is 2. The zero-order valence-corrected chi connectivity index (χ0v) is 16.1. The zero-order valence-electron chi connectivity index (χ0n) is 15.3. The van der Waals surface area contributed by atoms with E-state index in [9.17, 15) is 9.18 Å². The summed E-state index contributed by atoms with van der Waals surface area (Å²) in [7, 11) is 0. The van der Waals surface area contributed by atoms with Crippen molar-refractivity contribution in [2.24, 2.45) is 0 Å². The summed E-state index contributed by atoms with van der Waals surface area (Å²) in [5.41, 5.74) is 1.61. The molecule has 1 N–H and O–H groups in total. The first-order valence-corrected chi connectivity index (χ1v) is 9.86. The van der Waals surface area contributed by atoms with E-state index in [4.69, 9.17) is 11.6 Å².